The van der Waals surface area contributed by atoms with E-state index in [-0.39, 0.29) is 88.0 Å². The van der Waals surface area contributed by atoms with Crippen LogP contribution in [0.5, 0.6) is 0 Å². The van der Waals surface area contributed by atoms with Gasteiger partial charge in [-0.2, -0.15) is 0 Å². The van der Waals surface area contributed by atoms with Crippen molar-refractivity contribution >= 4 is 0 Å². The van der Waals surface area contributed by atoms with E-state index in [1.54, 1.807) is 0 Å². The van der Waals surface area contributed by atoms with Crippen molar-refractivity contribution in [2.75, 3.05) is 0 Å². The van der Waals surface area contributed by atoms with E-state index in [1.807, 2.05) is 0 Å². The first-order valence-electron chi connectivity index (χ1n) is 0. The Balaban J connectivity index is 0. The minimum Gasteiger partial charge on any atom is -0.0776 e. The molecule has 0 amide bonds. The molecule has 0 fully saturated rings. The Morgan fingerprint density at radius 2 is 0.500 bits per heavy atom. The van der Waals surface area contributed by atoms with Gasteiger partial charge in [0.1, 0.15) is 0 Å². The summed E-state index contributed by atoms with van der Waals surface area (Å²) in [7, 11) is 0. The fourth-order valence-electron chi connectivity index (χ4n) is 0. The minimum absolute atomic E-state index is 0. The van der Waals surface area contributed by atoms with Crippen LogP contribution in [0.2, 0.25) is 0 Å². The largest absolute Gasteiger partial charge is 0.0776 e. The maximum Gasteiger partial charge on any atom is 0 e. The summed E-state index contributed by atoms with van der Waals surface area (Å²) in [5, 5.41) is 0. The standard InChI is InChI=1S/2CH4.3Cr.Mo/h2*1H4;;;;. The van der Waals surface area contributed by atoms with Crippen LogP contribution in [0.3, 0.4) is 0 Å². The Kier molecular flexibility index (Phi) is 773. The van der Waals surface area contributed by atoms with Crippen LogP contribution in [-0.4, -0.2) is 0 Å². The Bertz CT molecular complexity index is 8.75. The van der Waals surface area contributed by atoms with Crippen molar-refractivity contribution in [3.63, 3.8) is 0 Å². The molecule has 0 N–H and O–H groups in total. The normalized spacial score (nSPS) is 0. The maximum absolute atomic E-state index is 0. The summed E-state index contributed by atoms with van der Waals surface area (Å²) in [6.45, 7) is 0. The second-order valence-electron chi connectivity index (χ2n) is 0. The summed E-state index contributed by atoms with van der Waals surface area (Å²) in [6, 6.07) is 0. The van der Waals surface area contributed by atoms with E-state index >= 15 is 0 Å². The molecule has 0 nitrogen and oxygen atoms in total. The van der Waals surface area contributed by atoms with Gasteiger partial charge < -0.3 is 0 Å². The third-order valence-electron chi connectivity index (χ3n) is 0. The predicted molar refractivity (Wildman–Crippen MR) is 13.5 cm³/mol. The van der Waals surface area contributed by atoms with E-state index < -0.39 is 0 Å². The van der Waals surface area contributed by atoms with Gasteiger partial charge in [-0.05, 0) is 0 Å². The molecule has 0 heterocycles. The van der Waals surface area contributed by atoms with Crippen molar-refractivity contribution in [2.24, 2.45) is 0 Å². The van der Waals surface area contributed by atoms with E-state index in [9.17, 15) is 0 Å². The third kappa shape index (κ3) is 33.6. The van der Waals surface area contributed by atoms with Gasteiger partial charge in [-0.1, -0.05) is 14.9 Å². The van der Waals surface area contributed by atoms with Gasteiger partial charge >= 0.3 is 0 Å². The van der Waals surface area contributed by atoms with Crippen LogP contribution in [0.15, 0.2) is 0 Å². The van der Waals surface area contributed by atoms with Gasteiger partial charge in [-0.25, -0.2) is 0 Å². The van der Waals surface area contributed by atoms with Gasteiger partial charge in [-0.15, -0.1) is 0 Å². The molecule has 6 heavy (non-hydrogen) atoms. The summed E-state index contributed by atoms with van der Waals surface area (Å²) in [5.74, 6) is 0. The Labute approximate surface area is 87.1 Å². The molecule has 0 bridgehead atoms. The second-order valence-corrected chi connectivity index (χ2v) is 0. The molecule has 0 aliphatic heterocycles. The Hall–Kier alpha value is 2.29. The molecule has 0 aromatic rings. The third-order valence-corrected chi connectivity index (χ3v) is 0. The van der Waals surface area contributed by atoms with Crippen molar-refractivity contribution in [1.82, 2.24) is 0 Å². The Morgan fingerprint density at radius 3 is 0.500 bits per heavy atom. The maximum atomic E-state index is 0. The molecule has 0 aliphatic rings. The molecule has 0 rings (SSSR count). The van der Waals surface area contributed by atoms with Gasteiger partial charge in [0.2, 0.25) is 0 Å². The summed E-state index contributed by atoms with van der Waals surface area (Å²) in [5.41, 5.74) is 0. The molecule has 4 heteroatoms. The van der Waals surface area contributed by atoms with Gasteiger partial charge in [0.15, 0.2) is 0 Å². The fourth-order valence-corrected chi connectivity index (χ4v) is 0. The first kappa shape index (κ1) is 84.2. The molecule has 0 aromatic carbocycles. The van der Waals surface area contributed by atoms with Crippen LogP contribution in [0.1, 0.15) is 14.9 Å². The summed E-state index contributed by atoms with van der Waals surface area (Å²) in [6.07, 6.45) is 0. The average Bonchev–Trinajstić information content (AvgIpc) is 0. The fraction of sp³-hybridized carbons (Fsp3) is 1.00. The van der Waals surface area contributed by atoms with E-state index in [1.165, 1.54) is 0 Å². The molecule has 0 spiro atoms. The van der Waals surface area contributed by atoms with Crippen molar-refractivity contribution in [1.29, 1.82) is 0 Å². The molecular weight excluding hydrogens is 276 g/mol. The summed E-state index contributed by atoms with van der Waals surface area (Å²) < 4.78 is 0. The Morgan fingerprint density at radius 1 is 0.500 bits per heavy atom. The minimum atomic E-state index is 0. The molecule has 0 saturated carbocycles. The summed E-state index contributed by atoms with van der Waals surface area (Å²) in [4.78, 5) is 0. The van der Waals surface area contributed by atoms with Crippen molar-refractivity contribution in [3.05, 3.63) is 0 Å². The number of rotatable bonds is 0. The van der Waals surface area contributed by atoms with Crippen LogP contribution in [0.4, 0.5) is 0 Å². The molecule has 0 aromatic heterocycles. The molecule has 0 saturated heterocycles. The zero-order valence-corrected chi connectivity index (χ0v) is 7.46. The topological polar surface area (TPSA) is 0 Å². The van der Waals surface area contributed by atoms with Gasteiger partial charge in [0.05, 0.1) is 0 Å². The molecule has 0 unspecified atom stereocenters. The van der Waals surface area contributed by atoms with Crippen LogP contribution < -0.4 is 0 Å². The van der Waals surface area contributed by atoms with E-state index in [0.717, 1.165) is 0 Å². The van der Waals surface area contributed by atoms with Crippen LogP contribution >= 0.6 is 0 Å². The quantitative estimate of drug-likeness (QED) is 0.588. The van der Waals surface area contributed by atoms with Gasteiger partial charge in [0, 0.05) is 73.1 Å². The first-order valence-corrected chi connectivity index (χ1v) is 0. The smallest absolute Gasteiger partial charge is 0 e. The monoisotopic (exact) mass is 286 g/mol. The predicted octanol–water partition coefficient (Wildman–Crippen LogP) is 1.26. The van der Waals surface area contributed by atoms with E-state index in [2.05, 4.69) is 0 Å². The molecule has 0 radical (unpaired) electrons. The van der Waals surface area contributed by atoms with Gasteiger partial charge in [-0.3, -0.25) is 0 Å². The van der Waals surface area contributed by atoms with Crippen molar-refractivity contribution in [2.45, 2.75) is 14.9 Å². The van der Waals surface area contributed by atoms with Crippen molar-refractivity contribution < 1.29 is 73.1 Å². The zero-order valence-electron chi connectivity index (χ0n) is 1.63. The zero-order chi connectivity index (χ0) is 0. The molecular formula is C2H8Cr3Mo. The van der Waals surface area contributed by atoms with E-state index in [4.69, 9.17) is 0 Å². The molecule has 40 valence electrons. The van der Waals surface area contributed by atoms with E-state index in [0.29, 0.717) is 0 Å². The average molecular weight is 284 g/mol. The summed E-state index contributed by atoms with van der Waals surface area (Å²) >= 11 is 0. The SMILES string of the molecule is C.C.[Cr].[Cr].[Cr].[Mo]. The van der Waals surface area contributed by atoms with Crippen LogP contribution in [0.25, 0.3) is 0 Å². The number of hydrogen-bond donors (Lipinski definition) is 0. The van der Waals surface area contributed by atoms with Crippen LogP contribution in [0, 0.1) is 0 Å². The van der Waals surface area contributed by atoms with Crippen molar-refractivity contribution in [3.8, 4) is 0 Å². The molecule has 0 atom stereocenters. The van der Waals surface area contributed by atoms with Gasteiger partial charge in [0.25, 0.3) is 0 Å². The molecule has 0 aliphatic carbocycles. The first-order chi connectivity index (χ1) is 0. The second kappa shape index (κ2) is 55.1. The number of hydrogen-bond acceptors (Lipinski definition) is 0. The van der Waals surface area contributed by atoms with Crippen LogP contribution in [-0.2, 0) is 73.1 Å².